The molecule has 0 bridgehead atoms. The Morgan fingerprint density at radius 1 is 1.14 bits per heavy atom. The predicted molar refractivity (Wildman–Crippen MR) is 86.5 cm³/mol. The number of carbonyl (C=O) groups excluding carboxylic acids is 1. The number of ketones is 1. The first-order valence-electron chi connectivity index (χ1n) is 7.55. The second-order valence-electron chi connectivity index (χ2n) is 5.78. The maximum atomic E-state index is 12.6. The van der Waals surface area contributed by atoms with Gasteiger partial charge in [0, 0.05) is 23.1 Å². The van der Waals surface area contributed by atoms with E-state index in [1.165, 1.54) is 0 Å². The van der Waals surface area contributed by atoms with Crippen LogP contribution in [0.2, 0.25) is 0 Å². The van der Waals surface area contributed by atoms with Gasteiger partial charge in [-0.05, 0) is 22.9 Å². The van der Waals surface area contributed by atoms with Crippen molar-refractivity contribution in [1.82, 2.24) is 0 Å². The minimum Gasteiger partial charge on any atom is -0.376 e. The van der Waals surface area contributed by atoms with E-state index in [4.69, 9.17) is 4.74 Å². The number of ether oxygens (including phenoxy) is 1. The lowest BCUT2D eigenvalue weighted by Gasteiger charge is -2.17. The van der Waals surface area contributed by atoms with E-state index < -0.39 is 0 Å². The molecular formula is C19H20O2. The summed E-state index contributed by atoms with van der Waals surface area (Å²) in [6, 6.07) is 12.1. The maximum Gasteiger partial charge on any atom is 0.192 e. The molecule has 0 saturated carbocycles. The molecule has 2 aromatic rings. The third-order valence-electron chi connectivity index (χ3n) is 4.16. The van der Waals surface area contributed by atoms with Crippen LogP contribution in [-0.2, 0) is 4.74 Å². The van der Waals surface area contributed by atoms with Gasteiger partial charge in [0.05, 0.1) is 6.61 Å². The summed E-state index contributed by atoms with van der Waals surface area (Å²) in [6.07, 6.45) is 3.07. The fourth-order valence-electron chi connectivity index (χ4n) is 2.70. The Morgan fingerprint density at radius 2 is 1.90 bits per heavy atom. The Bertz CT molecular complexity index is 707. The highest BCUT2D eigenvalue weighted by Gasteiger charge is 2.21. The Hall–Kier alpha value is -1.93. The average Bonchev–Trinajstić information content (AvgIpc) is 2.51. The Labute approximate surface area is 125 Å². The van der Waals surface area contributed by atoms with Gasteiger partial charge in [0.1, 0.15) is 0 Å². The molecule has 1 atom stereocenters. The Morgan fingerprint density at radius 3 is 2.67 bits per heavy atom. The summed E-state index contributed by atoms with van der Waals surface area (Å²) in [5.41, 5.74) is 2.67. The smallest absolute Gasteiger partial charge is 0.192 e. The average molecular weight is 280 g/mol. The second kappa shape index (κ2) is 5.82. The number of benzene rings is 2. The summed E-state index contributed by atoms with van der Waals surface area (Å²) in [5, 5.41) is 2.19. The number of hydrogen-bond donors (Lipinski definition) is 0. The molecule has 0 N–H and O–H groups in total. The van der Waals surface area contributed by atoms with E-state index in [1.807, 2.05) is 36.4 Å². The fraction of sp³-hybridized carbons (Fsp3) is 0.316. The Balaban J connectivity index is 1.89. The fourth-order valence-corrected chi connectivity index (χ4v) is 2.70. The monoisotopic (exact) mass is 280 g/mol. The molecule has 0 fully saturated rings. The first-order chi connectivity index (χ1) is 10.2. The van der Waals surface area contributed by atoms with E-state index in [-0.39, 0.29) is 5.78 Å². The molecule has 21 heavy (non-hydrogen) atoms. The first-order valence-corrected chi connectivity index (χ1v) is 7.55. The van der Waals surface area contributed by atoms with E-state index >= 15 is 0 Å². The van der Waals surface area contributed by atoms with Crippen molar-refractivity contribution in [3.8, 4) is 0 Å². The minimum absolute atomic E-state index is 0.100. The molecule has 0 radical (unpaired) electrons. The molecule has 0 heterocycles. The SMILES string of the molecule is CCC(C)COCC1=Cc2cccc3cccc(c23)C1=O. The van der Waals surface area contributed by atoms with Gasteiger partial charge in [0.15, 0.2) is 5.78 Å². The van der Waals surface area contributed by atoms with Crippen molar-refractivity contribution in [2.45, 2.75) is 20.3 Å². The molecule has 1 aliphatic carbocycles. The van der Waals surface area contributed by atoms with Crippen molar-refractivity contribution in [2.75, 3.05) is 13.2 Å². The van der Waals surface area contributed by atoms with Gasteiger partial charge in [-0.25, -0.2) is 0 Å². The van der Waals surface area contributed by atoms with E-state index in [0.717, 1.165) is 33.9 Å². The van der Waals surface area contributed by atoms with E-state index in [1.54, 1.807) is 0 Å². The van der Waals surface area contributed by atoms with Crippen LogP contribution in [0.25, 0.3) is 16.8 Å². The molecule has 108 valence electrons. The maximum absolute atomic E-state index is 12.6. The van der Waals surface area contributed by atoms with Crippen molar-refractivity contribution < 1.29 is 9.53 Å². The van der Waals surface area contributed by atoms with Gasteiger partial charge in [0.2, 0.25) is 0 Å². The largest absolute Gasteiger partial charge is 0.376 e. The van der Waals surface area contributed by atoms with E-state index in [0.29, 0.717) is 19.1 Å². The lowest BCUT2D eigenvalue weighted by Crippen LogP contribution is -2.15. The van der Waals surface area contributed by atoms with Gasteiger partial charge in [-0.3, -0.25) is 4.79 Å². The zero-order valence-electron chi connectivity index (χ0n) is 12.6. The highest BCUT2D eigenvalue weighted by atomic mass is 16.5. The lowest BCUT2D eigenvalue weighted by atomic mass is 9.88. The second-order valence-corrected chi connectivity index (χ2v) is 5.78. The third kappa shape index (κ3) is 2.64. The summed E-state index contributed by atoms with van der Waals surface area (Å²) in [6.45, 7) is 5.41. The number of hydrogen-bond acceptors (Lipinski definition) is 2. The van der Waals surface area contributed by atoms with Crippen LogP contribution in [-0.4, -0.2) is 19.0 Å². The zero-order valence-corrected chi connectivity index (χ0v) is 12.6. The van der Waals surface area contributed by atoms with Crippen LogP contribution >= 0.6 is 0 Å². The van der Waals surface area contributed by atoms with Crippen LogP contribution in [0.15, 0.2) is 42.0 Å². The van der Waals surface area contributed by atoms with Crippen LogP contribution < -0.4 is 0 Å². The van der Waals surface area contributed by atoms with Crippen LogP contribution in [0.5, 0.6) is 0 Å². The molecule has 0 amide bonds. The van der Waals surface area contributed by atoms with Gasteiger partial charge < -0.3 is 4.74 Å². The van der Waals surface area contributed by atoms with E-state index in [9.17, 15) is 4.79 Å². The van der Waals surface area contributed by atoms with E-state index in [2.05, 4.69) is 19.9 Å². The van der Waals surface area contributed by atoms with Gasteiger partial charge in [-0.2, -0.15) is 0 Å². The lowest BCUT2D eigenvalue weighted by molar-refractivity contribution is 0.0947. The summed E-state index contributed by atoms with van der Waals surface area (Å²) >= 11 is 0. The molecule has 0 aromatic heterocycles. The summed E-state index contributed by atoms with van der Waals surface area (Å²) < 4.78 is 5.72. The molecule has 2 aromatic carbocycles. The van der Waals surface area contributed by atoms with Crippen molar-refractivity contribution in [2.24, 2.45) is 5.92 Å². The first kappa shape index (κ1) is 14.0. The number of Topliss-reactive ketones (excluding diaryl/α,β-unsaturated/α-hetero) is 1. The topological polar surface area (TPSA) is 26.3 Å². The molecule has 1 aliphatic rings. The van der Waals surface area contributed by atoms with Crippen LogP contribution in [0, 0.1) is 5.92 Å². The van der Waals surface area contributed by atoms with Crippen molar-refractivity contribution in [3.63, 3.8) is 0 Å². The zero-order chi connectivity index (χ0) is 14.8. The van der Waals surface area contributed by atoms with Crippen LogP contribution in [0.3, 0.4) is 0 Å². The molecule has 2 heteroatoms. The summed E-state index contributed by atoms with van der Waals surface area (Å²) in [4.78, 5) is 12.6. The van der Waals surface area contributed by atoms with Gasteiger partial charge in [-0.1, -0.05) is 56.7 Å². The molecule has 2 nitrogen and oxygen atoms in total. The van der Waals surface area contributed by atoms with Crippen molar-refractivity contribution >= 4 is 22.6 Å². The Kier molecular flexibility index (Phi) is 3.89. The highest BCUT2D eigenvalue weighted by molar-refractivity contribution is 6.22. The van der Waals surface area contributed by atoms with Crippen LogP contribution in [0.1, 0.15) is 36.2 Å². The van der Waals surface area contributed by atoms with Crippen molar-refractivity contribution in [3.05, 3.63) is 53.1 Å². The van der Waals surface area contributed by atoms with Gasteiger partial charge in [0.25, 0.3) is 0 Å². The quantitative estimate of drug-likeness (QED) is 0.807. The minimum atomic E-state index is 0.100. The van der Waals surface area contributed by atoms with Gasteiger partial charge in [-0.15, -0.1) is 0 Å². The summed E-state index contributed by atoms with van der Waals surface area (Å²) in [7, 11) is 0. The molecule has 3 rings (SSSR count). The molecule has 0 spiro atoms. The third-order valence-corrected chi connectivity index (χ3v) is 4.16. The molecule has 1 unspecified atom stereocenters. The highest BCUT2D eigenvalue weighted by Crippen LogP contribution is 2.31. The standard InChI is InChI=1S/C19H20O2/c1-3-13(2)11-21-12-16-10-15-8-4-6-14-7-5-9-17(18(14)15)19(16)20/h4-10,13H,3,11-12H2,1-2H3. The molecule has 0 aliphatic heterocycles. The molecule has 0 saturated heterocycles. The normalized spacial score (nSPS) is 15.1. The number of carbonyl (C=O) groups is 1. The predicted octanol–water partition coefficient (Wildman–Crippen LogP) is 4.48. The summed E-state index contributed by atoms with van der Waals surface area (Å²) in [5.74, 6) is 0.628. The van der Waals surface area contributed by atoms with Crippen LogP contribution in [0.4, 0.5) is 0 Å². The van der Waals surface area contributed by atoms with Crippen molar-refractivity contribution in [1.29, 1.82) is 0 Å². The number of rotatable bonds is 5. The van der Waals surface area contributed by atoms with Gasteiger partial charge >= 0.3 is 0 Å². The molecular weight excluding hydrogens is 260 g/mol.